The number of piperidine rings is 1. The average molecular weight is 501 g/mol. The van der Waals surface area contributed by atoms with Crippen LogP contribution in [0.4, 0.5) is 10.1 Å². The minimum atomic E-state index is -0.188. The number of hydrogen-bond acceptors (Lipinski definition) is 4. The number of aryl methyl sites for hydroxylation is 1. The zero-order valence-corrected chi connectivity index (χ0v) is 18.6. The van der Waals surface area contributed by atoms with E-state index in [9.17, 15) is 4.39 Å². The normalized spacial score (nSPS) is 17.1. The zero-order chi connectivity index (χ0) is 18.9. The molecule has 0 radical (unpaired) electrons. The van der Waals surface area contributed by atoms with Gasteiger partial charge in [-0.1, -0.05) is 6.07 Å². The van der Waals surface area contributed by atoms with Crippen molar-refractivity contribution in [2.75, 3.05) is 31.6 Å². The number of hydrogen-bond donors (Lipinski definition) is 2. The number of nitrogens with one attached hydrogen (secondary N) is 2. The molecule has 154 valence electrons. The lowest BCUT2D eigenvalue weighted by Crippen LogP contribution is -2.51. The number of nitrogens with zero attached hydrogens (tertiary/aromatic N) is 5. The van der Waals surface area contributed by atoms with Gasteiger partial charge in [-0.3, -0.25) is 4.99 Å². The SMILES string of the molecule is CN=C(NCCCCn1cnnc1)NC1CCCN(c2cccc(F)c2)C1.I. The Hall–Kier alpha value is -1.91. The molecule has 2 N–H and O–H groups in total. The quantitative estimate of drug-likeness (QED) is 0.264. The van der Waals surface area contributed by atoms with Gasteiger partial charge in [0.1, 0.15) is 18.5 Å². The summed E-state index contributed by atoms with van der Waals surface area (Å²) in [6.07, 6.45) is 7.73. The minimum absolute atomic E-state index is 0. The summed E-state index contributed by atoms with van der Waals surface area (Å²) in [5.41, 5.74) is 0.943. The van der Waals surface area contributed by atoms with E-state index in [1.807, 2.05) is 10.6 Å². The third-order valence-electron chi connectivity index (χ3n) is 4.76. The van der Waals surface area contributed by atoms with Crippen LogP contribution in [0.5, 0.6) is 0 Å². The van der Waals surface area contributed by atoms with Gasteiger partial charge < -0.3 is 20.1 Å². The zero-order valence-electron chi connectivity index (χ0n) is 16.2. The van der Waals surface area contributed by atoms with Crippen molar-refractivity contribution in [3.05, 3.63) is 42.7 Å². The first-order valence-electron chi connectivity index (χ1n) is 9.54. The second kappa shape index (κ2) is 11.8. The Morgan fingerprint density at radius 1 is 1.29 bits per heavy atom. The van der Waals surface area contributed by atoms with E-state index in [-0.39, 0.29) is 29.8 Å². The van der Waals surface area contributed by atoms with Crippen molar-refractivity contribution >= 4 is 35.6 Å². The van der Waals surface area contributed by atoms with Gasteiger partial charge in [-0.2, -0.15) is 0 Å². The fourth-order valence-corrected chi connectivity index (χ4v) is 3.35. The Kier molecular flexibility index (Phi) is 9.45. The maximum Gasteiger partial charge on any atom is 0.191 e. The smallest absolute Gasteiger partial charge is 0.191 e. The van der Waals surface area contributed by atoms with E-state index in [2.05, 4.69) is 30.7 Å². The van der Waals surface area contributed by atoms with Crippen LogP contribution in [0.3, 0.4) is 0 Å². The summed E-state index contributed by atoms with van der Waals surface area (Å²) in [5, 5.41) is 14.5. The first kappa shape index (κ1) is 22.4. The predicted molar refractivity (Wildman–Crippen MR) is 121 cm³/mol. The Labute approximate surface area is 182 Å². The molecule has 1 fully saturated rings. The predicted octanol–water partition coefficient (Wildman–Crippen LogP) is 2.65. The summed E-state index contributed by atoms with van der Waals surface area (Å²) in [4.78, 5) is 6.57. The van der Waals surface area contributed by atoms with Crippen LogP contribution in [0.2, 0.25) is 0 Å². The lowest BCUT2D eigenvalue weighted by Gasteiger charge is -2.35. The van der Waals surface area contributed by atoms with Gasteiger partial charge >= 0.3 is 0 Å². The minimum Gasteiger partial charge on any atom is -0.369 e. The maximum atomic E-state index is 13.5. The van der Waals surface area contributed by atoms with E-state index in [0.29, 0.717) is 6.04 Å². The number of aliphatic imine (C=N–C) groups is 1. The molecule has 0 bridgehead atoms. The molecule has 0 spiro atoms. The molecule has 2 aromatic rings. The van der Waals surface area contributed by atoms with Crippen LogP contribution >= 0.6 is 24.0 Å². The van der Waals surface area contributed by atoms with Gasteiger partial charge in [-0.05, 0) is 43.9 Å². The number of halogens is 2. The lowest BCUT2D eigenvalue weighted by molar-refractivity contribution is 0.466. The number of rotatable bonds is 7. The number of guanidine groups is 1. The summed E-state index contributed by atoms with van der Waals surface area (Å²) in [6, 6.07) is 7.12. The van der Waals surface area contributed by atoms with Crippen molar-refractivity contribution in [2.24, 2.45) is 4.99 Å². The van der Waals surface area contributed by atoms with E-state index in [4.69, 9.17) is 0 Å². The fourth-order valence-electron chi connectivity index (χ4n) is 3.35. The molecule has 1 aliphatic heterocycles. The number of aromatic nitrogens is 3. The van der Waals surface area contributed by atoms with Gasteiger partial charge in [0.15, 0.2) is 5.96 Å². The number of anilines is 1. The fraction of sp³-hybridized carbons (Fsp3) is 0.526. The van der Waals surface area contributed by atoms with E-state index < -0.39 is 0 Å². The van der Waals surface area contributed by atoms with Crippen LogP contribution in [-0.2, 0) is 6.54 Å². The van der Waals surface area contributed by atoms with Gasteiger partial charge in [0.05, 0.1) is 0 Å². The summed E-state index contributed by atoms with van der Waals surface area (Å²) in [6.45, 7) is 3.59. The highest BCUT2D eigenvalue weighted by Crippen LogP contribution is 2.20. The molecule has 9 heteroatoms. The number of unbranched alkanes of at least 4 members (excludes halogenated alkanes) is 1. The van der Waals surface area contributed by atoms with Crippen molar-refractivity contribution in [2.45, 2.75) is 38.3 Å². The molecule has 0 amide bonds. The van der Waals surface area contributed by atoms with Crippen molar-refractivity contribution in [3.63, 3.8) is 0 Å². The highest BCUT2D eigenvalue weighted by Gasteiger charge is 2.21. The molecule has 1 unspecified atom stereocenters. The molecular formula is C19H29FIN7. The van der Waals surface area contributed by atoms with Crippen LogP contribution < -0.4 is 15.5 Å². The Morgan fingerprint density at radius 3 is 2.86 bits per heavy atom. The van der Waals surface area contributed by atoms with Crippen LogP contribution in [0.15, 0.2) is 41.9 Å². The molecular weight excluding hydrogens is 472 g/mol. The molecule has 2 heterocycles. The second-order valence-electron chi connectivity index (χ2n) is 6.82. The first-order chi connectivity index (χ1) is 13.2. The van der Waals surface area contributed by atoms with Gasteiger partial charge in [0.25, 0.3) is 0 Å². The van der Waals surface area contributed by atoms with Crippen molar-refractivity contribution in [3.8, 4) is 0 Å². The highest BCUT2D eigenvalue weighted by atomic mass is 127. The van der Waals surface area contributed by atoms with Gasteiger partial charge in [-0.15, -0.1) is 34.2 Å². The largest absolute Gasteiger partial charge is 0.369 e. The molecule has 1 aromatic heterocycles. The Morgan fingerprint density at radius 2 is 2.11 bits per heavy atom. The Bertz CT molecular complexity index is 723. The molecule has 3 rings (SSSR count). The summed E-state index contributed by atoms with van der Waals surface area (Å²) < 4.78 is 15.5. The first-order valence-corrected chi connectivity index (χ1v) is 9.54. The Balaban J connectivity index is 0.00000280. The number of benzene rings is 1. The van der Waals surface area contributed by atoms with E-state index in [1.165, 1.54) is 6.07 Å². The molecule has 28 heavy (non-hydrogen) atoms. The van der Waals surface area contributed by atoms with Gasteiger partial charge in [0.2, 0.25) is 0 Å². The molecule has 0 saturated carbocycles. The van der Waals surface area contributed by atoms with Crippen molar-refractivity contribution < 1.29 is 4.39 Å². The van der Waals surface area contributed by atoms with Gasteiger partial charge in [-0.25, -0.2) is 4.39 Å². The highest BCUT2D eigenvalue weighted by molar-refractivity contribution is 14.0. The molecule has 1 aromatic carbocycles. The third kappa shape index (κ3) is 6.92. The maximum absolute atomic E-state index is 13.5. The van der Waals surface area contributed by atoms with Crippen LogP contribution in [0.25, 0.3) is 0 Å². The molecule has 1 aliphatic rings. The summed E-state index contributed by atoms with van der Waals surface area (Å²) in [5.74, 6) is 0.636. The van der Waals surface area contributed by atoms with Crippen molar-refractivity contribution in [1.82, 2.24) is 25.4 Å². The lowest BCUT2D eigenvalue weighted by atomic mass is 10.0. The van der Waals surface area contributed by atoms with E-state index in [1.54, 1.807) is 31.8 Å². The summed E-state index contributed by atoms with van der Waals surface area (Å²) in [7, 11) is 1.79. The molecule has 7 nitrogen and oxygen atoms in total. The molecule has 1 atom stereocenters. The van der Waals surface area contributed by atoms with Crippen LogP contribution in [0, 0.1) is 5.82 Å². The second-order valence-corrected chi connectivity index (χ2v) is 6.82. The molecule has 1 saturated heterocycles. The average Bonchev–Trinajstić information content (AvgIpc) is 3.20. The topological polar surface area (TPSA) is 70.4 Å². The van der Waals surface area contributed by atoms with E-state index >= 15 is 0 Å². The van der Waals surface area contributed by atoms with Crippen molar-refractivity contribution in [1.29, 1.82) is 0 Å². The standard InChI is InChI=1S/C19H28FN7.HI/c1-21-19(22-9-2-3-10-26-14-23-24-15-26)25-17-7-5-11-27(13-17)18-8-4-6-16(20)12-18;/h4,6,8,12,14-15,17H,2-3,5,7,9-11,13H2,1H3,(H2,21,22,25);1H. The monoisotopic (exact) mass is 501 g/mol. The van der Waals surface area contributed by atoms with Crippen LogP contribution in [-0.4, -0.2) is 53.4 Å². The molecule has 0 aliphatic carbocycles. The van der Waals surface area contributed by atoms with E-state index in [0.717, 1.165) is 63.5 Å². The third-order valence-corrected chi connectivity index (χ3v) is 4.76. The van der Waals surface area contributed by atoms with Crippen LogP contribution in [0.1, 0.15) is 25.7 Å². The van der Waals surface area contributed by atoms with Gasteiger partial charge in [0, 0.05) is 45.0 Å². The summed E-state index contributed by atoms with van der Waals surface area (Å²) >= 11 is 0.